The highest BCUT2D eigenvalue weighted by molar-refractivity contribution is 5.32. The summed E-state index contributed by atoms with van der Waals surface area (Å²) in [6, 6.07) is 0. The molecule has 33 atom stereocenters. The first-order valence-electron chi connectivity index (χ1n) is 31.7. The highest BCUT2D eigenvalue weighted by Gasteiger charge is 2.70. The Morgan fingerprint density at radius 3 is 1.81 bits per heavy atom. The highest BCUT2D eigenvalue weighted by Crippen LogP contribution is 2.75. The van der Waals surface area contributed by atoms with E-state index in [0.29, 0.717) is 32.1 Å². The third-order valence-electron chi connectivity index (χ3n) is 22.8. The van der Waals surface area contributed by atoms with Gasteiger partial charge in [0.25, 0.3) is 0 Å². The zero-order valence-corrected chi connectivity index (χ0v) is 52.2. The molecule has 0 aromatic rings. The van der Waals surface area contributed by atoms with E-state index >= 15 is 0 Å². The van der Waals surface area contributed by atoms with Crippen molar-refractivity contribution in [1.82, 2.24) is 0 Å². The van der Waals surface area contributed by atoms with Crippen molar-refractivity contribution in [3.63, 3.8) is 0 Å². The normalized spacial score (nSPS) is 48.1. The van der Waals surface area contributed by atoms with Crippen molar-refractivity contribution in [1.29, 1.82) is 0 Å². The van der Waals surface area contributed by atoms with E-state index in [4.69, 9.17) is 47.7 Å². The highest BCUT2D eigenvalue weighted by atomic mass is 16.8. The number of hydrogen-bond donors (Lipinski definition) is 18. The molecule has 27 nitrogen and oxygen atoms in total. The fourth-order valence-electron chi connectivity index (χ4n) is 16.8. The van der Waals surface area contributed by atoms with E-state index in [1.165, 1.54) is 20.8 Å². The SMILES string of the molecule is C[C@@H]1[C@@H](O)[C@H](OC[C@H]2O[C@@H](O[C@H](CC[C@@H](C)C3CC[C@@]4(C)C5CC=C6C(CC[C@H](O[C@@H]7O[C@H](COC[C@H](O)[C@@H](O)[C@H](O)CCO)[C@@H](O)[C@H](O)[C@H]7O)C6(C)C)[C@]5(C)[C@H](O)C[C@]34C)C(C)(C)O)[C@H](O[C@@H]3O[C@H](CO)[C@@H](O)[C@H](O)[C@H]3O)[C@@H](O)[C@@H]2O)O[C@H](CO)[C@H]1O. The molecule has 3 unspecified atom stereocenters. The number of allylic oxidation sites excluding steroid dienone is 1. The summed E-state index contributed by atoms with van der Waals surface area (Å²) in [6.45, 7) is 14.5. The summed E-state index contributed by atoms with van der Waals surface area (Å²) < 4.78 is 54.2. The van der Waals surface area contributed by atoms with Crippen LogP contribution in [-0.4, -0.2) is 291 Å². The summed E-state index contributed by atoms with van der Waals surface area (Å²) >= 11 is 0. The van der Waals surface area contributed by atoms with Gasteiger partial charge >= 0.3 is 0 Å². The molecule has 4 heterocycles. The van der Waals surface area contributed by atoms with Gasteiger partial charge in [-0.25, -0.2) is 0 Å². The molecule has 3 saturated carbocycles. The molecule has 8 rings (SSSR count). The Morgan fingerprint density at radius 1 is 0.614 bits per heavy atom. The predicted molar refractivity (Wildman–Crippen MR) is 304 cm³/mol. The third-order valence-corrected chi connectivity index (χ3v) is 22.8. The molecule has 0 bridgehead atoms. The lowest BCUT2D eigenvalue weighted by molar-refractivity contribution is -0.380. The van der Waals surface area contributed by atoms with Gasteiger partial charge in [-0.1, -0.05) is 60.1 Å². The van der Waals surface area contributed by atoms with Gasteiger partial charge in [0.05, 0.1) is 69.2 Å². The standard InChI is InChI=1S/C61H106O27/c1-26(10-14-40(58(5,6)79)87-56-52(88-55-51(78)47(74)44(71)34(22-64)83-55)49(76)46(73)36(85-56)25-81-53-42(69)27(2)41(68)33(21-63)82-53)28-16-18-59(7)37-13-11-29-30(61(37,9)38(67)20-60(28,59)8)12-15-39(57(29,3)4)86-54-50(77)48(75)45(72)35(84-54)24-80-23-32(66)43(70)31(65)17-19-62/h11,26-28,30-56,62-79H,10,12-25H2,1-9H3/t26-,27+,28?,30?,31-,32+,33-,34-,35-,36-,37?,38-,39+,40-,41+,42-,43+,44-,45-,46-,47+,48+,49+,50-,51-,52-,53-,54+,55+,56+,59+,60-,61+/m1/s1. The van der Waals surface area contributed by atoms with Crippen LogP contribution in [0, 0.1) is 51.2 Å². The zero-order valence-electron chi connectivity index (χ0n) is 52.2. The molecule has 512 valence electrons. The Kier molecular flexibility index (Phi) is 23.5. The van der Waals surface area contributed by atoms with Crippen molar-refractivity contribution in [3.05, 3.63) is 11.6 Å². The molecule has 18 N–H and O–H groups in total. The summed E-state index contributed by atoms with van der Waals surface area (Å²) in [4.78, 5) is 0. The molecular weight excluding hydrogens is 1160 g/mol. The topological polar surface area (TPSA) is 447 Å². The van der Waals surface area contributed by atoms with Crippen LogP contribution >= 0.6 is 0 Å². The Bertz CT molecular complexity index is 2260. The van der Waals surface area contributed by atoms with Crippen molar-refractivity contribution >= 4 is 0 Å². The molecule has 4 aliphatic carbocycles. The lowest BCUT2D eigenvalue weighted by atomic mass is 9.38. The van der Waals surface area contributed by atoms with Gasteiger partial charge < -0.3 is 135 Å². The predicted octanol–water partition coefficient (Wildman–Crippen LogP) is -3.47. The smallest absolute Gasteiger partial charge is 0.187 e. The molecule has 88 heavy (non-hydrogen) atoms. The average Bonchev–Trinajstić information content (AvgIpc) is 1.26. The van der Waals surface area contributed by atoms with Crippen LogP contribution in [0.5, 0.6) is 0 Å². The van der Waals surface area contributed by atoms with E-state index in [0.717, 1.165) is 18.4 Å². The van der Waals surface area contributed by atoms with E-state index in [2.05, 4.69) is 47.6 Å². The second-order valence-electron chi connectivity index (χ2n) is 28.7. The van der Waals surface area contributed by atoms with E-state index in [1.54, 1.807) is 0 Å². The van der Waals surface area contributed by atoms with Gasteiger partial charge in [-0.15, -0.1) is 0 Å². The van der Waals surface area contributed by atoms with Gasteiger partial charge in [0.1, 0.15) is 97.7 Å². The van der Waals surface area contributed by atoms with Crippen LogP contribution in [0.25, 0.3) is 0 Å². The average molecular weight is 1270 g/mol. The maximum atomic E-state index is 12.8. The van der Waals surface area contributed by atoms with Crippen molar-refractivity contribution in [3.8, 4) is 0 Å². The van der Waals surface area contributed by atoms with Crippen molar-refractivity contribution < 1.29 is 135 Å². The third kappa shape index (κ3) is 13.7. The van der Waals surface area contributed by atoms with Gasteiger partial charge in [0, 0.05) is 23.4 Å². The van der Waals surface area contributed by atoms with Gasteiger partial charge in [-0.05, 0) is 106 Å². The van der Waals surface area contributed by atoms with Crippen LogP contribution in [0.2, 0.25) is 0 Å². The van der Waals surface area contributed by atoms with Crippen LogP contribution in [0.3, 0.4) is 0 Å². The summed E-state index contributed by atoms with van der Waals surface area (Å²) in [6.07, 6.45) is -29.9. The quantitative estimate of drug-likeness (QED) is 0.0418. The van der Waals surface area contributed by atoms with Crippen LogP contribution in [0.1, 0.15) is 120 Å². The minimum atomic E-state index is -1.92. The Labute approximate surface area is 514 Å². The molecule has 4 aliphatic heterocycles. The molecule has 0 aromatic heterocycles. The summed E-state index contributed by atoms with van der Waals surface area (Å²) in [5.41, 5.74) is -2.31. The van der Waals surface area contributed by atoms with Gasteiger partial charge in [0.2, 0.25) is 0 Å². The zero-order chi connectivity index (χ0) is 65.1. The van der Waals surface area contributed by atoms with Crippen LogP contribution in [-0.2, 0) is 42.6 Å². The van der Waals surface area contributed by atoms with Crippen LogP contribution in [0.4, 0.5) is 0 Å². The maximum absolute atomic E-state index is 12.8. The number of aliphatic hydroxyl groups excluding tert-OH is 17. The second kappa shape index (κ2) is 28.5. The minimum absolute atomic E-state index is 0.00957. The number of aliphatic hydroxyl groups is 18. The first-order chi connectivity index (χ1) is 41.1. The van der Waals surface area contributed by atoms with E-state index in [9.17, 15) is 86.8 Å². The molecule has 0 aromatic carbocycles. The molecule has 0 amide bonds. The fourth-order valence-corrected chi connectivity index (χ4v) is 16.8. The molecule has 0 spiro atoms. The lowest BCUT2D eigenvalue weighted by Gasteiger charge is -2.67. The Morgan fingerprint density at radius 2 is 1.18 bits per heavy atom. The monoisotopic (exact) mass is 1270 g/mol. The van der Waals surface area contributed by atoms with E-state index in [-0.39, 0.29) is 54.0 Å². The van der Waals surface area contributed by atoms with E-state index < -0.39 is 209 Å². The Balaban J connectivity index is 0.954. The largest absolute Gasteiger partial charge is 0.396 e. The van der Waals surface area contributed by atoms with Gasteiger partial charge in [-0.3, -0.25) is 0 Å². The number of fused-ring (bicyclic) bond motifs is 5. The first-order valence-corrected chi connectivity index (χ1v) is 31.7. The second-order valence-corrected chi connectivity index (χ2v) is 28.7. The summed E-state index contributed by atoms with van der Waals surface area (Å²) in [5.74, 6) is -0.710. The molecule has 27 heteroatoms. The molecule has 7 fully saturated rings. The number of rotatable bonds is 24. The summed E-state index contributed by atoms with van der Waals surface area (Å²) in [7, 11) is 0. The van der Waals surface area contributed by atoms with Crippen LogP contribution in [0.15, 0.2) is 11.6 Å². The Hall–Kier alpha value is -1.34. The van der Waals surface area contributed by atoms with Crippen molar-refractivity contribution in [2.24, 2.45) is 51.2 Å². The number of hydrogen-bond acceptors (Lipinski definition) is 27. The van der Waals surface area contributed by atoms with Crippen molar-refractivity contribution in [2.45, 2.75) is 279 Å². The number of ether oxygens (including phenoxy) is 9. The summed E-state index contributed by atoms with van der Waals surface area (Å²) in [5, 5.41) is 194. The first kappa shape index (κ1) is 72.5. The minimum Gasteiger partial charge on any atom is -0.396 e. The fraction of sp³-hybridized carbons (Fsp3) is 0.967. The van der Waals surface area contributed by atoms with Gasteiger partial charge in [-0.2, -0.15) is 0 Å². The van der Waals surface area contributed by atoms with Crippen LogP contribution < -0.4 is 0 Å². The molecular formula is C61H106O27. The molecule has 4 saturated heterocycles. The molecule has 8 aliphatic rings. The van der Waals surface area contributed by atoms with E-state index in [1.807, 2.05) is 0 Å². The maximum Gasteiger partial charge on any atom is 0.187 e. The lowest BCUT2D eigenvalue weighted by Crippen LogP contribution is -2.65. The molecule has 0 radical (unpaired) electrons. The van der Waals surface area contributed by atoms with Gasteiger partial charge in [0.15, 0.2) is 25.2 Å². The van der Waals surface area contributed by atoms with Crippen molar-refractivity contribution in [2.75, 3.05) is 39.6 Å².